The van der Waals surface area contributed by atoms with Gasteiger partial charge in [-0.15, -0.1) is 0 Å². The number of fused-ring (bicyclic) bond motifs is 2. The Morgan fingerprint density at radius 3 is 2.96 bits per heavy atom. The Hall–Kier alpha value is -2.93. The average molecular weight is 385 g/mol. The Labute approximate surface area is 160 Å². The lowest BCUT2D eigenvalue weighted by molar-refractivity contribution is 0.0997. The summed E-state index contributed by atoms with van der Waals surface area (Å²) in [4.78, 5) is 14.8. The SMILES string of the molecule is NC(=O)c1ccc(F)c2c1C[C@H](NCCCc1c[nH]c3ccc(F)cc13)CO2. The largest absolute Gasteiger partial charge is 0.489 e. The summed E-state index contributed by atoms with van der Waals surface area (Å²) < 4.78 is 32.9. The summed E-state index contributed by atoms with van der Waals surface area (Å²) in [5, 5.41) is 4.29. The molecule has 0 unspecified atom stereocenters. The molecule has 2 heterocycles. The monoisotopic (exact) mass is 385 g/mol. The number of amides is 1. The highest BCUT2D eigenvalue weighted by molar-refractivity contribution is 5.95. The number of benzene rings is 2. The Morgan fingerprint density at radius 1 is 1.29 bits per heavy atom. The first kappa shape index (κ1) is 18.4. The number of carbonyl (C=O) groups excluding carboxylic acids is 1. The molecular weight excluding hydrogens is 364 g/mol. The first-order chi connectivity index (χ1) is 13.5. The number of rotatable bonds is 6. The molecule has 4 rings (SSSR count). The summed E-state index contributed by atoms with van der Waals surface area (Å²) >= 11 is 0. The number of halogens is 2. The molecule has 0 radical (unpaired) electrons. The fourth-order valence-corrected chi connectivity index (χ4v) is 3.75. The highest BCUT2D eigenvalue weighted by Gasteiger charge is 2.26. The number of hydrogen-bond acceptors (Lipinski definition) is 3. The molecule has 1 aliphatic heterocycles. The molecule has 3 aromatic rings. The second-order valence-electron chi connectivity index (χ2n) is 7.04. The molecule has 28 heavy (non-hydrogen) atoms. The van der Waals surface area contributed by atoms with E-state index in [1.807, 2.05) is 6.20 Å². The molecule has 2 aromatic carbocycles. The third-order valence-corrected chi connectivity index (χ3v) is 5.14. The van der Waals surface area contributed by atoms with Gasteiger partial charge in [-0.25, -0.2) is 8.78 Å². The van der Waals surface area contributed by atoms with Crippen LogP contribution in [0.4, 0.5) is 8.78 Å². The van der Waals surface area contributed by atoms with Crippen LogP contribution in [0.15, 0.2) is 36.5 Å². The summed E-state index contributed by atoms with van der Waals surface area (Å²) in [5.41, 5.74) is 8.20. The normalized spacial score (nSPS) is 16.0. The fourth-order valence-electron chi connectivity index (χ4n) is 3.75. The van der Waals surface area contributed by atoms with E-state index < -0.39 is 11.7 Å². The van der Waals surface area contributed by atoms with Gasteiger partial charge in [-0.2, -0.15) is 0 Å². The van der Waals surface area contributed by atoms with Crippen LogP contribution in [0.5, 0.6) is 5.75 Å². The quantitative estimate of drug-likeness (QED) is 0.571. The van der Waals surface area contributed by atoms with Crippen LogP contribution in [0.25, 0.3) is 10.9 Å². The third kappa shape index (κ3) is 3.57. The molecule has 0 saturated carbocycles. The summed E-state index contributed by atoms with van der Waals surface area (Å²) in [7, 11) is 0. The Balaban J connectivity index is 1.36. The van der Waals surface area contributed by atoms with E-state index in [0.717, 1.165) is 29.3 Å². The number of nitrogens with one attached hydrogen (secondary N) is 2. The summed E-state index contributed by atoms with van der Waals surface area (Å²) in [5.74, 6) is -1.20. The Morgan fingerprint density at radius 2 is 2.14 bits per heavy atom. The number of aryl methyl sites for hydroxylation is 1. The van der Waals surface area contributed by atoms with Crippen molar-refractivity contribution in [2.24, 2.45) is 5.73 Å². The molecule has 5 nitrogen and oxygen atoms in total. The molecule has 1 amide bonds. The zero-order chi connectivity index (χ0) is 19.7. The van der Waals surface area contributed by atoms with Gasteiger partial charge < -0.3 is 20.8 Å². The van der Waals surface area contributed by atoms with E-state index in [1.54, 1.807) is 12.1 Å². The van der Waals surface area contributed by atoms with Gasteiger partial charge in [0.05, 0.1) is 0 Å². The number of hydrogen-bond donors (Lipinski definition) is 3. The van der Waals surface area contributed by atoms with Crippen molar-refractivity contribution in [3.8, 4) is 5.75 Å². The van der Waals surface area contributed by atoms with Gasteiger partial charge in [0.2, 0.25) is 5.91 Å². The molecule has 7 heteroatoms. The van der Waals surface area contributed by atoms with Crippen LogP contribution in [0, 0.1) is 11.6 Å². The van der Waals surface area contributed by atoms with Crippen molar-refractivity contribution < 1.29 is 18.3 Å². The average Bonchev–Trinajstić information content (AvgIpc) is 3.07. The van der Waals surface area contributed by atoms with Crippen molar-refractivity contribution in [2.75, 3.05) is 13.2 Å². The Bertz CT molecular complexity index is 1030. The maximum absolute atomic E-state index is 13.9. The van der Waals surface area contributed by atoms with Crippen molar-refractivity contribution in [3.63, 3.8) is 0 Å². The molecule has 1 aliphatic rings. The van der Waals surface area contributed by atoms with Crippen molar-refractivity contribution in [3.05, 3.63) is 64.9 Å². The highest BCUT2D eigenvalue weighted by Crippen LogP contribution is 2.31. The minimum atomic E-state index is -0.591. The second-order valence-corrected chi connectivity index (χ2v) is 7.04. The second kappa shape index (κ2) is 7.59. The minimum absolute atomic E-state index is 0.0344. The number of aromatic amines is 1. The zero-order valence-corrected chi connectivity index (χ0v) is 15.2. The summed E-state index contributed by atoms with van der Waals surface area (Å²) in [6.45, 7) is 1.04. The highest BCUT2D eigenvalue weighted by atomic mass is 19.1. The zero-order valence-electron chi connectivity index (χ0n) is 15.2. The maximum Gasteiger partial charge on any atom is 0.249 e. The molecule has 4 N–H and O–H groups in total. The number of primary amides is 1. The number of carbonyl (C=O) groups is 1. The van der Waals surface area contributed by atoms with Crippen molar-refractivity contribution in [2.45, 2.75) is 25.3 Å². The number of nitrogens with two attached hydrogens (primary N) is 1. The van der Waals surface area contributed by atoms with Gasteiger partial charge >= 0.3 is 0 Å². The lowest BCUT2D eigenvalue weighted by atomic mass is 9.96. The van der Waals surface area contributed by atoms with Crippen LogP contribution in [0.2, 0.25) is 0 Å². The van der Waals surface area contributed by atoms with E-state index in [4.69, 9.17) is 10.5 Å². The van der Waals surface area contributed by atoms with Crippen LogP contribution >= 0.6 is 0 Å². The first-order valence-corrected chi connectivity index (χ1v) is 9.26. The van der Waals surface area contributed by atoms with Gasteiger partial charge in [0.1, 0.15) is 12.4 Å². The van der Waals surface area contributed by atoms with Crippen LogP contribution in [-0.4, -0.2) is 30.1 Å². The topological polar surface area (TPSA) is 80.1 Å². The molecule has 0 bridgehead atoms. The lowest BCUT2D eigenvalue weighted by Gasteiger charge is -2.27. The van der Waals surface area contributed by atoms with E-state index in [-0.39, 0.29) is 17.6 Å². The van der Waals surface area contributed by atoms with E-state index >= 15 is 0 Å². The first-order valence-electron chi connectivity index (χ1n) is 9.26. The van der Waals surface area contributed by atoms with Crippen molar-refractivity contribution >= 4 is 16.8 Å². The van der Waals surface area contributed by atoms with E-state index in [9.17, 15) is 13.6 Å². The van der Waals surface area contributed by atoms with E-state index in [1.165, 1.54) is 18.2 Å². The van der Waals surface area contributed by atoms with Gasteiger partial charge in [0, 0.05) is 34.3 Å². The van der Waals surface area contributed by atoms with Gasteiger partial charge in [-0.1, -0.05) is 0 Å². The number of ether oxygens (including phenoxy) is 1. The molecule has 0 spiro atoms. The lowest BCUT2D eigenvalue weighted by Crippen LogP contribution is -2.40. The van der Waals surface area contributed by atoms with Gasteiger partial charge in [0.25, 0.3) is 0 Å². The fraction of sp³-hybridized carbons (Fsp3) is 0.286. The molecule has 0 fully saturated rings. The maximum atomic E-state index is 13.9. The van der Waals surface area contributed by atoms with Crippen molar-refractivity contribution in [1.29, 1.82) is 0 Å². The standard InChI is InChI=1S/C21H21F2N3O2/c22-13-3-6-19-16(8-13)12(10-26-19)2-1-7-25-14-9-17-15(21(24)27)4-5-18(23)20(17)28-11-14/h3-6,8,10,14,25-26H,1-2,7,9,11H2,(H2,24,27)/t14-/m0/s1. The molecular formula is C21H21F2N3O2. The molecule has 146 valence electrons. The smallest absolute Gasteiger partial charge is 0.249 e. The molecule has 0 aliphatic carbocycles. The van der Waals surface area contributed by atoms with Gasteiger partial charge in [-0.3, -0.25) is 4.79 Å². The predicted molar refractivity (Wildman–Crippen MR) is 102 cm³/mol. The van der Waals surface area contributed by atoms with Crippen LogP contribution < -0.4 is 15.8 Å². The van der Waals surface area contributed by atoms with Crippen LogP contribution in [0.1, 0.15) is 27.9 Å². The molecule has 1 aromatic heterocycles. The van der Waals surface area contributed by atoms with E-state index in [2.05, 4.69) is 10.3 Å². The van der Waals surface area contributed by atoms with Gasteiger partial charge in [0.15, 0.2) is 11.6 Å². The summed E-state index contributed by atoms with van der Waals surface area (Å²) in [6.07, 6.45) is 4.02. The predicted octanol–water partition coefficient (Wildman–Crippen LogP) is 3.07. The van der Waals surface area contributed by atoms with Gasteiger partial charge in [-0.05, 0) is 61.7 Å². The van der Waals surface area contributed by atoms with Crippen LogP contribution in [-0.2, 0) is 12.8 Å². The van der Waals surface area contributed by atoms with Crippen LogP contribution in [0.3, 0.4) is 0 Å². The molecule has 0 saturated heterocycles. The Kier molecular flexibility index (Phi) is 5.00. The van der Waals surface area contributed by atoms with Crippen molar-refractivity contribution in [1.82, 2.24) is 10.3 Å². The number of H-pyrrole nitrogens is 1. The third-order valence-electron chi connectivity index (χ3n) is 5.14. The number of aromatic nitrogens is 1. The summed E-state index contributed by atoms with van der Waals surface area (Å²) in [6, 6.07) is 7.29. The minimum Gasteiger partial charge on any atom is -0.489 e. The molecule has 1 atom stereocenters. The van der Waals surface area contributed by atoms with E-state index in [0.29, 0.717) is 30.7 Å².